The first-order valence-electron chi connectivity index (χ1n) is 6.37. The molecule has 0 saturated heterocycles. The molecule has 0 radical (unpaired) electrons. The lowest BCUT2D eigenvalue weighted by Crippen LogP contribution is -2.16. The van der Waals surface area contributed by atoms with Crippen LogP contribution in [0.4, 0.5) is 10.1 Å². The summed E-state index contributed by atoms with van der Waals surface area (Å²) in [4.78, 5) is 4.46. The van der Waals surface area contributed by atoms with E-state index in [1.54, 1.807) is 11.8 Å². The molecule has 0 bridgehead atoms. The molecule has 1 aromatic carbocycles. The fourth-order valence-corrected chi connectivity index (χ4v) is 3.96. The van der Waals surface area contributed by atoms with Crippen molar-refractivity contribution < 1.29 is 4.39 Å². The van der Waals surface area contributed by atoms with Crippen molar-refractivity contribution in [1.29, 1.82) is 0 Å². The summed E-state index contributed by atoms with van der Waals surface area (Å²) >= 11 is 13.7. The maximum Gasteiger partial charge on any atom is 0.161 e. The quantitative estimate of drug-likeness (QED) is 0.777. The maximum absolute atomic E-state index is 13.1. The number of anilines is 1. The van der Waals surface area contributed by atoms with E-state index in [9.17, 15) is 4.39 Å². The lowest BCUT2D eigenvalue weighted by atomic mass is 9.90. The standard InChI is InChI=1S/C14H17Cl2FN2S/c1-14(2,3)6-9-7-18-13(20-9)19-12-10(15)4-8(17)5-11(12)16/h4-5,9H,6-7H2,1-3H3,(H,18,19). The number of thioether (sulfide) groups is 1. The summed E-state index contributed by atoms with van der Waals surface area (Å²) in [5.74, 6) is -0.447. The van der Waals surface area contributed by atoms with Crippen LogP contribution in [-0.4, -0.2) is 17.0 Å². The number of rotatable bonds is 2. The van der Waals surface area contributed by atoms with Crippen molar-refractivity contribution in [2.45, 2.75) is 32.4 Å². The van der Waals surface area contributed by atoms with Crippen LogP contribution in [0.5, 0.6) is 0 Å². The van der Waals surface area contributed by atoms with Gasteiger partial charge in [-0.15, -0.1) is 0 Å². The largest absolute Gasteiger partial charge is 0.333 e. The molecule has 1 heterocycles. The minimum atomic E-state index is -0.447. The molecule has 1 atom stereocenters. The fourth-order valence-electron chi connectivity index (χ4n) is 2.04. The summed E-state index contributed by atoms with van der Waals surface area (Å²) in [6, 6.07) is 2.48. The molecule has 1 aliphatic heterocycles. The number of hydrogen-bond acceptors (Lipinski definition) is 3. The Morgan fingerprint density at radius 2 is 1.95 bits per heavy atom. The molecule has 0 amide bonds. The first kappa shape index (κ1) is 15.9. The zero-order chi connectivity index (χ0) is 14.9. The van der Waals surface area contributed by atoms with Crippen LogP contribution in [0, 0.1) is 11.2 Å². The van der Waals surface area contributed by atoms with E-state index in [4.69, 9.17) is 23.2 Å². The average Bonchev–Trinajstić information content (AvgIpc) is 2.68. The van der Waals surface area contributed by atoms with E-state index in [1.807, 2.05) is 0 Å². The monoisotopic (exact) mass is 334 g/mol. The van der Waals surface area contributed by atoms with E-state index >= 15 is 0 Å². The Morgan fingerprint density at radius 3 is 2.50 bits per heavy atom. The Kier molecular flexibility index (Phi) is 4.88. The highest BCUT2D eigenvalue weighted by molar-refractivity contribution is 8.15. The second-order valence-electron chi connectivity index (χ2n) is 6.02. The molecule has 2 rings (SSSR count). The van der Waals surface area contributed by atoms with Gasteiger partial charge in [0.25, 0.3) is 0 Å². The Balaban J connectivity index is 2.03. The van der Waals surface area contributed by atoms with Gasteiger partial charge in [0.2, 0.25) is 0 Å². The molecule has 6 heteroatoms. The van der Waals surface area contributed by atoms with Crippen molar-refractivity contribution in [3.63, 3.8) is 0 Å². The molecule has 110 valence electrons. The molecule has 2 nitrogen and oxygen atoms in total. The number of nitrogens with one attached hydrogen (secondary N) is 1. The molecule has 1 aromatic rings. The fraction of sp³-hybridized carbons (Fsp3) is 0.500. The molecule has 0 fully saturated rings. The third kappa shape index (κ3) is 4.27. The summed E-state index contributed by atoms with van der Waals surface area (Å²) in [6.45, 7) is 7.42. The summed E-state index contributed by atoms with van der Waals surface area (Å²) in [5, 5.41) is 4.87. The van der Waals surface area contributed by atoms with Crippen LogP contribution in [0.2, 0.25) is 10.0 Å². The van der Waals surface area contributed by atoms with E-state index in [-0.39, 0.29) is 15.5 Å². The highest BCUT2D eigenvalue weighted by Crippen LogP contribution is 2.36. The first-order chi connectivity index (χ1) is 9.24. The van der Waals surface area contributed by atoms with Gasteiger partial charge in [-0.3, -0.25) is 4.99 Å². The summed E-state index contributed by atoms with van der Waals surface area (Å²) in [6.07, 6.45) is 1.08. The lowest BCUT2D eigenvalue weighted by Gasteiger charge is -2.21. The van der Waals surface area contributed by atoms with Crippen LogP contribution in [0.1, 0.15) is 27.2 Å². The van der Waals surface area contributed by atoms with E-state index in [0.29, 0.717) is 10.9 Å². The van der Waals surface area contributed by atoms with E-state index in [0.717, 1.165) is 18.1 Å². The molecule has 1 aliphatic rings. The minimum absolute atomic E-state index is 0.262. The summed E-state index contributed by atoms with van der Waals surface area (Å²) in [7, 11) is 0. The highest BCUT2D eigenvalue weighted by Gasteiger charge is 2.25. The molecular formula is C14H17Cl2FN2S. The molecule has 0 saturated carbocycles. The SMILES string of the molecule is CC(C)(C)CC1CN=C(Nc2c(Cl)cc(F)cc2Cl)S1. The Bertz CT molecular complexity index is 517. The van der Waals surface area contributed by atoms with E-state index in [2.05, 4.69) is 31.1 Å². The zero-order valence-corrected chi connectivity index (χ0v) is 14.0. The number of hydrogen-bond donors (Lipinski definition) is 1. The third-order valence-corrected chi connectivity index (χ3v) is 4.50. The van der Waals surface area contributed by atoms with Crippen molar-refractivity contribution in [3.05, 3.63) is 28.0 Å². The number of benzene rings is 1. The predicted octanol–water partition coefficient (Wildman–Crippen LogP) is 5.45. The van der Waals surface area contributed by atoms with Crippen LogP contribution in [0.3, 0.4) is 0 Å². The second-order valence-corrected chi connectivity index (χ2v) is 8.12. The minimum Gasteiger partial charge on any atom is -0.333 e. The lowest BCUT2D eigenvalue weighted by molar-refractivity contribution is 0.375. The molecule has 0 spiro atoms. The molecule has 0 aliphatic carbocycles. The van der Waals surface area contributed by atoms with Gasteiger partial charge in [0.15, 0.2) is 5.17 Å². The van der Waals surface area contributed by atoms with Gasteiger partial charge >= 0.3 is 0 Å². The van der Waals surface area contributed by atoms with Crippen molar-refractivity contribution in [2.24, 2.45) is 10.4 Å². The van der Waals surface area contributed by atoms with Gasteiger partial charge in [-0.1, -0.05) is 55.7 Å². The van der Waals surface area contributed by atoms with Crippen LogP contribution in [0.25, 0.3) is 0 Å². The van der Waals surface area contributed by atoms with Crippen molar-refractivity contribution in [3.8, 4) is 0 Å². The van der Waals surface area contributed by atoms with Crippen molar-refractivity contribution in [1.82, 2.24) is 0 Å². The van der Waals surface area contributed by atoms with Crippen LogP contribution in [-0.2, 0) is 0 Å². The van der Waals surface area contributed by atoms with E-state index < -0.39 is 5.82 Å². The van der Waals surface area contributed by atoms with Gasteiger partial charge in [0.05, 0.1) is 22.3 Å². The van der Waals surface area contributed by atoms with E-state index in [1.165, 1.54) is 12.1 Å². The van der Waals surface area contributed by atoms with Gasteiger partial charge in [-0.25, -0.2) is 4.39 Å². The first-order valence-corrected chi connectivity index (χ1v) is 8.01. The summed E-state index contributed by atoms with van der Waals surface area (Å²) < 4.78 is 13.1. The van der Waals surface area contributed by atoms with Gasteiger partial charge in [-0.05, 0) is 24.0 Å². The third-order valence-electron chi connectivity index (χ3n) is 2.80. The van der Waals surface area contributed by atoms with Gasteiger partial charge in [-0.2, -0.15) is 0 Å². The molecular weight excluding hydrogens is 318 g/mol. The smallest absolute Gasteiger partial charge is 0.161 e. The van der Waals surface area contributed by atoms with Gasteiger partial charge < -0.3 is 5.32 Å². The number of aliphatic imine (C=N–C) groups is 1. The second kappa shape index (κ2) is 6.12. The Labute approximate surface area is 133 Å². The topological polar surface area (TPSA) is 24.4 Å². The number of halogens is 3. The summed E-state index contributed by atoms with van der Waals surface area (Å²) in [5.41, 5.74) is 0.783. The molecule has 1 unspecified atom stereocenters. The Hall–Kier alpha value is -0.450. The highest BCUT2D eigenvalue weighted by atomic mass is 35.5. The molecule has 20 heavy (non-hydrogen) atoms. The number of amidine groups is 1. The normalized spacial score (nSPS) is 19.1. The molecule has 1 N–H and O–H groups in total. The van der Waals surface area contributed by atoms with Crippen LogP contribution >= 0.6 is 35.0 Å². The van der Waals surface area contributed by atoms with Gasteiger partial charge in [0.1, 0.15) is 5.82 Å². The molecule has 0 aromatic heterocycles. The van der Waals surface area contributed by atoms with Crippen LogP contribution in [0.15, 0.2) is 17.1 Å². The maximum atomic E-state index is 13.1. The predicted molar refractivity (Wildman–Crippen MR) is 87.8 cm³/mol. The zero-order valence-electron chi connectivity index (χ0n) is 11.6. The van der Waals surface area contributed by atoms with Crippen molar-refractivity contribution >= 4 is 45.8 Å². The Morgan fingerprint density at radius 1 is 1.35 bits per heavy atom. The average molecular weight is 335 g/mol. The van der Waals surface area contributed by atoms with Crippen molar-refractivity contribution in [2.75, 3.05) is 11.9 Å². The number of nitrogens with zero attached hydrogens (tertiary/aromatic N) is 1. The van der Waals surface area contributed by atoms with Gasteiger partial charge in [0, 0.05) is 5.25 Å². The van der Waals surface area contributed by atoms with Crippen LogP contribution < -0.4 is 5.32 Å².